The number of pyridine rings is 1. The van der Waals surface area contributed by atoms with Crippen LogP contribution in [0.15, 0.2) is 24.5 Å². The predicted octanol–water partition coefficient (Wildman–Crippen LogP) is 2.47. The van der Waals surface area contributed by atoms with Crippen molar-refractivity contribution >= 4 is 17.0 Å². The number of thiazole rings is 1. The molecule has 0 unspecified atom stereocenters. The van der Waals surface area contributed by atoms with Crippen molar-refractivity contribution in [3.05, 3.63) is 34.4 Å². The van der Waals surface area contributed by atoms with Crippen LogP contribution in [0.4, 0.5) is 5.69 Å². The molecule has 0 aliphatic carbocycles. The molecular weight excluding hydrogens is 222 g/mol. The van der Waals surface area contributed by atoms with Gasteiger partial charge < -0.3 is 10.1 Å². The summed E-state index contributed by atoms with van der Waals surface area (Å²) in [5.41, 5.74) is 0.899. The third-order valence-corrected chi connectivity index (χ3v) is 3.00. The largest absolute Gasteiger partial charge is 0.480 e. The predicted molar refractivity (Wildman–Crippen MR) is 65.0 cm³/mol. The molecule has 0 spiro atoms. The van der Waals surface area contributed by atoms with Crippen LogP contribution in [0.2, 0.25) is 0 Å². The molecule has 0 radical (unpaired) electrons. The lowest BCUT2D eigenvalue weighted by atomic mass is 10.4. The number of hydrogen-bond donors (Lipinski definition) is 1. The third kappa shape index (κ3) is 2.49. The maximum absolute atomic E-state index is 5.15. The number of nitrogens with one attached hydrogen (secondary N) is 1. The highest BCUT2D eigenvalue weighted by Crippen LogP contribution is 2.21. The molecule has 2 aromatic heterocycles. The van der Waals surface area contributed by atoms with Gasteiger partial charge in [-0.3, -0.25) is 0 Å². The summed E-state index contributed by atoms with van der Waals surface area (Å²) in [6, 6.07) is 3.82. The molecule has 2 heterocycles. The first-order valence-corrected chi connectivity index (χ1v) is 5.75. The summed E-state index contributed by atoms with van der Waals surface area (Å²) in [7, 11) is 1.62. The maximum atomic E-state index is 5.15. The summed E-state index contributed by atoms with van der Waals surface area (Å²) in [5.74, 6) is 0.615. The smallest absolute Gasteiger partial charge is 0.237 e. The third-order valence-electron chi connectivity index (χ3n) is 2.09. The average molecular weight is 235 g/mol. The number of nitrogens with zero attached hydrogens (tertiary/aromatic N) is 2. The second kappa shape index (κ2) is 4.94. The second-order valence-electron chi connectivity index (χ2n) is 3.26. The molecule has 0 fully saturated rings. The Morgan fingerprint density at radius 3 is 3.00 bits per heavy atom. The average Bonchev–Trinajstić information content (AvgIpc) is 2.73. The Balaban J connectivity index is 2.04. The van der Waals surface area contributed by atoms with Crippen molar-refractivity contribution in [1.29, 1.82) is 0 Å². The van der Waals surface area contributed by atoms with Crippen LogP contribution in [0.5, 0.6) is 5.88 Å². The standard InChI is InChI=1S/C11H13N3OS/c1-8-13-6-9(16-8)7-14-10-4-3-5-12-11(10)15-2/h3-6,14H,7H2,1-2H3. The summed E-state index contributed by atoms with van der Waals surface area (Å²) >= 11 is 1.69. The van der Waals surface area contributed by atoms with E-state index in [4.69, 9.17) is 4.74 Å². The second-order valence-corrected chi connectivity index (χ2v) is 4.58. The van der Waals surface area contributed by atoms with E-state index < -0.39 is 0 Å². The molecule has 0 aliphatic heterocycles. The van der Waals surface area contributed by atoms with E-state index in [1.165, 1.54) is 4.88 Å². The van der Waals surface area contributed by atoms with Crippen molar-refractivity contribution in [2.45, 2.75) is 13.5 Å². The number of aryl methyl sites for hydroxylation is 1. The van der Waals surface area contributed by atoms with Gasteiger partial charge in [-0.2, -0.15) is 0 Å². The van der Waals surface area contributed by atoms with Crippen LogP contribution in [0.25, 0.3) is 0 Å². The van der Waals surface area contributed by atoms with Crippen LogP contribution < -0.4 is 10.1 Å². The SMILES string of the molecule is COc1ncccc1NCc1cnc(C)s1. The van der Waals surface area contributed by atoms with E-state index in [2.05, 4.69) is 15.3 Å². The van der Waals surface area contributed by atoms with Crippen LogP contribution in [0, 0.1) is 6.92 Å². The number of methoxy groups -OCH3 is 1. The fraction of sp³-hybridized carbons (Fsp3) is 0.273. The van der Waals surface area contributed by atoms with Crippen molar-refractivity contribution < 1.29 is 4.74 Å². The summed E-state index contributed by atoms with van der Waals surface area (Å²) in [4.78, 5) is 9.52. The van der Waals surface area contributed by atoms with E-state index in [1.807, 2.05) is 25.3 Å². The molecule has 0 amide bonds. The molecule has 1 N–H and O–H groups in total. The zero-order chi connectivity index (χ0) is 11.4. The van der Waals surface area contributed by atoms with Crippen LogP contribution in [0.3, 0.4) is 0 Å². The molecule has 0 aliphatic rings. The van der Waals surface area contributed by atoms with Gasteiger partial charge in [-0.05, 0) is 19.1 Å². The van der Waals surface area contributed by atoms with Gasteiger partial charge in [0.15, 0.2) is 0 Å². The van der Waals surface area contributed by atoms with Crippen LogP contribution in [0.1, 0.15) is 9.88 Å². The van der Waals surface area contributed by atoms with Gasteiger partial charge in [-0.15, -0.1) is 11.3 Å². The maximum Gasteiger partial charge on any atom is 0.237 e. The van der Waals surface area contributed by atoms with Gasteiger partial charge >= 0.3 is 0 Å². The van der Waals surface area contributed by atoms with E-state index in [0.29, 0.717) is 5.88 Å². The molecule has 0 bridgehead atoms. The molecule has 16 heavy (non-hydrogen) atoms. The Morgan fingerprint density at radius 1 is 1.44 bits per heavy atom. The molecule has 0 saturated carbocycles. The van der Waals surface area contributed by atoms with Crippen molar-refractivity contribution in [2.24, 2.45) is 0 Å². The summed E-state index contributed by atoms with van der Waals surface area (Å²) in [6.07, 6.45) is 3.59. The zero-order valence-corrected chi connectivity index (χ0v) is 10.0. The lowest BCUT2D eigenvalue weighted by molar-refractivity contribution is 0.399. The Bertz CT molecular complexity index is 470. The minimum Gasteiger partial charge on any atom is -0.480 e. The highest BCUT2D eigenvalue weighted by atomic mass is 32.1. The molecular formula is C11H13N3OS. The first-order valence-electron chi connectivity index (χ1n) is 4.94. The first kappa shape index (κ1) is 10.9. The Kier molecular flexibility index (Phi) is 3.36. The summed E-state index contributed by atoms with van der Waals surface area (Å²) < 4.78 is 5.15. The number of rotatable bonds is 4. The zero-order valence-electron chi connectivity index (χ0n) is 9.23. The quantitative estimate of drug-likeness (QED) is 0.884. The fourth-order valence-electron chi connectivity index (χ4n) is 1.36. The number of anilines is 1. The van der Waals surface area contributed by atoms with Crippen molar-refractivity contribution in [1.82, 2.24) is 9.97 Å². The van der Waals surface area contributed by atoms with E-state index in [-0.39, 0.29) is 0 Å². The molecule has 2 rings (SSSR count). The number of ether oxygens (including phenoxy) is 1. The lowest BCUT2D eigenvalue weighted by Crippen LogP contribution is -2.00. The Morgan fingerprint density at radius 2 is 2.31 bits per heavy atom. The van der Waals surface area contributed by atoms with Crippen LogP contribution in [-0.2, 0) is 6.54 Å². The molecule has 0 saturated heterocycles. The van der Waals surface area contributed by atoms with E-state index >= 15 is 0 Å². The summed E-state index contributed by atoms with van der Waals surface area (Å²) in [5, 5.41) is 4.36. The molecule has 4 nitrogen and oxygen atoms in total. The van der Waals surface area contributed by atoms with Gasteiger partial charge in [0.2, 0.25) is 5.88 Å². The van der Waals surface area contributed by atoms with Crippen molar-refractivity contribution in [3.8, 4) is 5.88 Å². The lowest BCUT2D eigenvalue weighted by Gasteiger charge is -2.08. The molecule has 84 valence electrons. The first-order chi connectivity index (χ1) is 7.79. The highest BCUT2D eigenvalue weighted by molar-refractivity contribution is 7.11. The molecule has 2 aromatic rings. The number of aromatic nitrogens is 2. The minimum absolute atomic E-state index is 0.615. The Hall–Kier alpha value is -1.62. The van der Waals surface area contributed by atoms with Gasteiger partial charge in [0, 0.05) is 17.3 Å². The molecule has 0 aromatic carbocycles. The van der Waals surface area contributed by atoms with Crippen molar-refractivity contribution in [2.75, 3.05) is 12.4 Å². The minimum atomic E-state index is 0.615. The Labute approximate surface area is 98.3 Å². The van der Waals surface area contributed by atoms with Gasteiger partial charge in [0.25, 0.3) is 0 Å². The van der Waals surface area contributed by atoms with E-state index in [1.54, 1.807) is 24.6 Å². The monoisotopic (exact) mass is 235 g/mol. The van der Waals surface area contributed by atoms with E-state index in [0.717, 1.165) is 17.2 Å². The van der Waals surface area contributed by atoms with Crippen LogP contribution in [-0.4, -0.2) is 17.1 Å². The van der Waals surface area contributed by atoms with E-state index in [9.17, 15) is 0 Å². The molecule has 0 atom stereocenters. The van der Waals surface area contributed by atoms with Crippen molar-refractivity contribution in [3.63, 3.8) is 0 Å². The normalized spacial score (nSPS) is 10.1. The van der Waals surface area contributed by atoms with Crippen LogP contribution >= 0.6 is 11.3 Å². The molecule has 5 heteroatoms. The highest BCUT2D eigenvalue weighted by Gasteiger charge is 2.03. The van der Waals surface area contributed by atoms with Gasteiger partial charge in [0.05, 0.1) is 24.3 Å². The van der Waals surface area contributed by atoms with Gasteiger partial charge in [-0.1, -0.05) is 0 Å². The summed E-state index contributed by atoms with van der Waals surface area (Å²) in [6.45, 7) is 2.74. The number of hydrogen-bond acceptors (Lipinski definition) is 5. The fourth-order valence-corrected chi connectivity index (χ4v) is 2.09. The van der Waals surface area contributed by atoms with Gasteiger partial charge in [0.1, 0.15) is 0 Å². The topological polar surface area (TPSA) is 47.0 Å². The van der Waals surface area contributed by atoms with Gasteiger partial charge in [-0.25, -0.2) is 9.97 Å².